The van der Waals surface area contributed by atoms with Crippen molar-refractivity contribution < 1.29 is 19.4 Å². The molecule has 174 valence electrons. The van der Waals surface area contributed by atoms with Crippen LogP contribution in [-0.2, 0) is 17.6 Å². The van der Waals surface area contributed by atoms with Crippen LogP contribution >= 0.6 is 11.3 Å². The second-order valence-corrected chi connectivity index (χ2v) is 8.65. The smallest absolute Gasteiger partial charge is 0.338 e. The van der Waals surface area contributed by atoms with Crippen LogP contribution in [0.4, 0.5) is 5.00 Å². The summed E-state index contributed by atoms with van der Waals surface area (Å²) in [5.74, 6) is 0.349. The zero-order chi connectivity index (χ0) is 23.6. The second kappa shape index (κ2) is 12.2. The molecule has 1 aromatic heterocycles. The number of carbonyl (C=O) groups is 1. The van der Waals surface area contributed by atoms with Gasteiger partial charge in [0.05, 0.1) is 12.2 Å². The normalized spacial score (nSPS) is 14.4. The van der Waals surface area contributed by atoms with E-state index in [2.05, 4.69) is 36.2 Å². The van der Waals surface area contributed by atoms with E-state index in [1.165, 1.54) is 22.5 Å². The highest BCUT2D eigenvalue weighted by atomic mass is 32.1. The minimum absolute atomic E-state index is 0.314. The van der Waals surface area contributed by atoms with Crippen molar-refractivity contribution in [1.29, 1.82) is 0 Å². The topological polar surface area (TPSA) is 67.8 Å². The fourth-order valence-electron chi connectivity index (χ4n) is 3.98. The molecule has 0 saturated heterocycles. The Bertz CT molecular complexity index is 1060. The van der Waals surface area contributed by atoms with Crippen LogP contribution in [0.15, 0.2) is 60.5 Å². The molecule has 0 saturated carbocycles. The molecule has 1 aliphatic carbocycles. The van der Waals surface area contributed by atoms with Gasteiger partial charge in [0, 0.05) is 14.2 Å². The van der Waals surface area contributed by atoms with Crippen LogP contribution in [0, 0.1) is 0 Å². The van der Waals surface area contributed by atoms with E-state index in [1.54, 1.807) is 20.2 Å². The summed E-state index contributed by atoms with van der Waals surface area (Å²) in [4.78, 5) is 11.5. The number of carboxylic acids is 1. The molecule has 0 spiro atoms. The Hall–Kier alpha value is -3.09. The molecule has 0 bridgehead atoms. The largest absolute Gasteiger partial charge is 0.491 e. The molecule has 5 nitrogen and oxygen atoms in total. The molecule has 0 fully saturated rings. The van der Waals surface area contributed by atoms with Gasteiger partial charge in [0.1, 0.15) is 17.4 Å². The van der Waals surface area contributed by atoms with Gasteiger partial charge in [-0.2, -0.15) is 0 Å². The number of aromatic carboxylic acids is 1. The van der Waals surface area contributed by atoms with E-state index in [1.807, 2.05) is 29.6 Å². The number of benzene rings is 2. The molecule has 1 aliphatic rings. The first-order valence-electron chi connectivity index (χ1n) is 11.0. The summed E-state index contributed by atoms with van der Waals surface area (Å²) >= 11 is 1.49. The molecular weight excluding hydrogens is 434 g/mol. The van der Waals surface area contributed by atoms with E-state index in [4.69, 9.17) is 9.47 Å². The maximum Gasteiger partial charge on any atom is 0.338 e. The lowest BCUT2D eigenvalue weighted by molar-refractivity contribution is 0.0696. The molecule has 1 unspecified atom stereocenters. The summed E-state index contributed by atoms with van der Waals surface area (Å²) in [6.45, 7) is 4.88. The van der Waals surface area contributed by atoms with Crippen molar-refractivity contribution in [3.05, 3.63) is 88.3 Å². The van der Waals surface area contributed by atoms with Gasteiger partial charge >= 0.3 is 5.97 Å². The van der Waals surface area contributed by atoms with Crippen molar-refractivity contribution in [2.45, 2.75) is 25.2 Å². The number of hydrogen-bond acceptors (Lipinski definition) is 5. The van der Waals surface area contributed by atoms with Gasteiger partial charge in [-0.3, -0.25) is 0 Å². The standard InChI is InChI=1S/C16H17NO2S.C11H14O2/c1-17-15-14(16(18)19)13(9-20-15)12-7-6-10-4-2-3-5-11(10)8-12;1-3-10-4-6-11(7-5-10)13-9-8-12-2/h2-5,9,12,17H,6-8H2,1H3,(H,18,19);3-7H,1,8-9H2,2H3. The third-order valence-corrected chi connectivity index (χ3v) is 6.73. The van der Waals surface area contributed by atoms with E-state index in [0.29, 0.717) is 24.7 Å². The monoisotopic (exact) mass is 465 g/mol. The quantitative estimate of drug-likeness (QED) is 0.393. The van der Waals surface area contributed by atoms with Gasteiger partial charge < -0.3 is 19.9 Å². The van der Waals surface area contributed by atoms with Gasteiger partial charge in [0.2, 0.25) is 0 Å². The molecule has 6 heteroatoms. The molecule has 3 aromatic rings. The highest BCUT2D eigenvalue weighted by molar-refractivity contribution is 7.14. The summed E-state index contributed by atoms with van der Waals surface area (Å²) in [5.41, 5.74) is 5.31. The van der Waals surface area contributed by atoms with Crippen LogP contribution in [0.2, 0.25) is 0 Å². The van der Waals surface area contributed by atoms with Gasteiger partial charge in [-0.25, -0.2) is 4.79 Å². The van der Waals surface area contributed by atoms with Gasteiger partial charge in [-0.1, -0.05) is 49.1 Å². The van der Waals surface area contributed by atoms with E-state index in [0.717, 1.165) is 41.1 Å². The Morgan fingerprint density at radius 3 is 2.55 bits per heavy atom. The maximum absolute atomic E-state index is 11.5. The second-order valence-electron chi connectivity index (χ2n) is 7.77. The molecule has 4 rings (SSSR count). The highest BCUT2D eigenvalue weighted by Crippen LogP contribution is 2.39. The predicted octanol–water partition coefficient (Wildman–Crippen LogP) is 6.12. The Labute approximate surface area is 199 Å². The summed E-state index contributed by atoms with van der Waals surface area (Å²) in [7, 11) is 3.43. The summed E-state index contributed by atoms with van der Waals surface area (Å²) < 4.78 is 10.3. The number of methoxy groups -OCH3 is 1. The Kier molecular flexibility index (Phi) is 9.10. The van der Waals surface area contributed by atoms with Gasteiger partial charge in [-0.05, 0) is 64.9 Å². The van der Waals surface area contributed by atoms with Crippen LogP contribution in [0.1, 0.15) is 45.0 Å². The molecule has 1 heterocycles. The lowest BCUT2D eigenvalue weighted by atomic mass is 9.80. The fraction of sp³-hybridized carbons (Fsp3) is 0.296. The minimum atomic E-state index is -0.829. The molecule has 0 aliphatic heterocycles. The minimum Gasteiger partial charge on any atom is -0.491 e. The third kappa shape index (κ3) is 6.46. The van der Waals surface area contributed by atoms with Crippen LogP contribution in [0.5, 0.6) is 5.75 Å². The van der Waals surface area contributed by atoms with Crippen LogP contribution in [0.3, 0.4) is 0 Å². The van der Waals surface area contributed by atoms with Crippen molar-refractivity contribution in [1.82, 2.24) is 0 Å². The molecule has 2 aromatic carbocycles. The average Bonchev–Trinajstić information content (AvgIpc) is 3.29. The Balaban J connectivity index is 0.000000205. The number of aryl methyl sites for hydroxylation is 1. The first kappa shape index (κ1) is 24.6. The molecular formula is C27H31NO4S. The predicted molar refractivity (Wildman–Crippen MR) is 136 cm³/mol. The molecule has 0 amide bonds. The summed E-state index contributed by atoms with van der Waals surface area (Å²) in [5, 5.41) is 15.2. The van der Waals surface area contributed by atoms with Crippen molar-refractivity contribution in [3.8, 4) is 5.75 Å². The Morgan fingerprint density at radius 1 is 1.18 bits per heavy atom. The first-order valence-corrected chi connectivity index (χ1v) is 11.9. The Morgan fingerprint density at radius 2 is 1.91 bits per heavy atom. The van der Waals surface area contributed by atoms with Crippen LogP contribution < -0.4 is 10.1 Å². The number of fused-ring (bicyclic) bond motifs is 1. The van der Waals surface area contributed by atoms with Gasteiger partial charge in [-0.15, -0.1) is 11.3 Å². The molecule has 0 radical (unpaired) electrons. The highest BCUT2D eigenvalue weighted by Gasteiger charge is 2.27. The van der Waals surface area contributed by atoms with Gasteiger partial charge in [0.15, 0.2) is 0 Å². The summed E-state index contributed by atoms with van der Waals surface area (Å²) in [6, 6.07) is 16.3. The zero-order valence-corrected chi connectivity index (χ0v) is 20.0. The van der Waals surface area contributed by atoms with Crippen molar-refractivity contribution >= 4 is 28.4 Å². The first-order chi connectivity index (χ1) is 16.1. The SMILES string of the molecule is C=Cc1ccc(OCCOC)cc1.CNc1scc(C2CCc3ccccc3C2)c1C(=O)O. The van der Waals surface area contributed by atoms with E-state index < -0.39 is 5.97 Å². The maximum atomic E-state index is 11.5. The van der Waals surface area contributed by atoms with Crippen LogP contribution in [0.25, 0.3) is 6.08 Å². The molecule has 1 atom stereocenters. The number of hydrogen-bond donors (Lipinski definition) is 2. The average molecular weight is 466 g/mol. The molecule has 33 heavy (non-hydrogen) atoms. The summed E-state index contributed by atoms with van der Waals surface area (Å²) in [6.07, 6.45) is 4.80. The number of carboxylic acid groups (broad SMARTS) is 1. The fourth-order valence-corrected chi connectivity index (χ4v) is 4.98. The lowest BCUT2D eigenvalue weighted by Crippen LogP contribution is -2.15. The van der Waals surface area contributed by atoms with Crippen LogP contribution in [-0.4, -0.2) is 38.4 Å². The number of rotatable bonds is 8. The zero-order valence-electron chi connectivity index (χ0n) is 19.2. The van der Waals surface area contributed by atoms with E-state index >= 15 is 0 Å². The van der Waals surface area contributed by atoms with Crippen molar-refractivity contribution in [2.75, 3.05) is 32.7 Å². The number of ether oxygens (including phenoxy) is 2. The van der Waals surface area contributed by atoms with Gasteiger partial charge in [0.25, 0.3) is 0 Å². The van der Waals surface area contributed by atoms with E-state index in [-0.39, 0.29) is 0 Å². The number of anilines is 1. The molecule has 2 N–H and O–H groups in total. The van der Waals surface area contributed by atoms with Crippen molar-refractivity contribution in [3.63, 3.8) is 0 Å². The lowest BCUT2D eigenvalue weighted by Gasteiger charge is -2.24. The van der Waals surface area contributed by atoms with E-state index in [9.17, 15) is 9.90 Å². The third-order valence-electron chi connectivity index (χ3n) is 5.72. The number of thiophene rings is 1. The number of nitrogens with one attached hydrogen (secondary N) is 1. The van der Waals surface area contributed by atoms with Crippen molar-refractivity contribution in [2.24, 2.45) is 0 Å².